The quantitative estimate of drug-likeness (QED) is 0.780. The monoisotopic (exact) mass is 297 g/mol. The van der Waals surface area contributed by atoms with Crippen LogP contribution in [0.4, 0.5) is 5.82 Å². The van der Waals surface area contributed by atoms with Crippen LogP contribution in [0.2, 0.25) is 0 Å². The van der Waals surface area contributed by atoms with Gasteiger partial charge in [0.25, 0.3) is 0 Å². The van der Waals surface area contributed by atoms with Crippen LogP contribution in [0.25, 0.3) is 11.0 Å². The van der Waals surface area contributed by atoms with Crippen LogP contribution in [-0.2, 0) is 6.42 Å². The lowest BCUT2D eigenvalue weighted by atomic mass is 10.0. The molecule has 0 spiro atoms. The molecular formula is C17H19N3O2. The van der Waals surface area contributed by atoms with Crippen LogP contribution in [0.5, 0.6) is 0 Å². The lowest BCUT2D eigenvalue weighted by Gasteiger charge is -2.29. The number of aryl methyl sites for hydroxylation is 1. The van der Waals surface area contributed by atoms with E-state index in [1.165, 1.54) is 5.56 Å². The Hall–Kier alpha value is -2.27. The molecule has 4 rings (SSSR count). The first-order chi connectivity index (χ1) is 10.7. The van der Waals surface area contributed by atoms with E-state index >= 15 is 0 Å². The van der Waals surface area contributed by atoms with E-state index in [4.69, 9.17) is 4.42 Å². The molecule has 1 aliphatic heterocycles. The van der Waals surface area contributed by atoms with Gasteiger partial charge >= 0.3 is 0 Å². The van der Waals surface area contributed by atoms with E-state index in [0.29, 0.717) is 12.3 Å². The van der Waals surface area contributed by atoms with Crippen molar-refractivity contribution in [3.63, 3.8) is 0 Å². The van der Waals surface area contributed by atoms with Crippen LogP contribution in [0.1, 0.15) is 29.5 Å². The first-order valence-electron chi connectivity index (χ1n) is 7.67. The molecular weight excluding hydrogens is 278 g/mol. The van der Waals surface area contributed by atoms with E-state index < -0.39 is 6.10 Å². The third-order valence-electron chi connectivity index (χ3n) is 4.37. The zero-order valence-corrected chi connectivity index (χ0v) is 12.5. The van der Waals surface area contributed by atoms with Gasteiger partial charge < -0.3 is 14.4 Å². The summed E-state index contributed by atoms with van der Waals surface area (Å²) in [6, 6.07) is 9.73. The molecule has 0 saturated carbocycles. The molecule has 3 heterocycles. The fraction of sp³-hybridized carbons (Fsp3) is 0.353. The molecule has 0 saturated heterocycles. The number of β-amino-alcohol motifs (C(OH)–C–C–N with tert-alkyl or cyclic N) is 1. The molecule has 0 unspecified atom stereocenters. The maximum Gasteiger partial charge on any atom is 0.153 e. The molecule has 1 aliphatic rings. The summed E-state index contributed by atoms with van der Waals surface area (Å²) < 4.78 is 5.76. The number of rotatable bonds is 3. The minimum Gasteiger partial charge on any atom is -0.458 e. The summed E-state index contributed by atoms with van der Waals surface area (Å²) in [5.74, 6) is 1.58. The number of benzene rings is 1. The smallest absolute Gasteiger partial charge is 0.153 e. The molecule has 1 atom stereocenters. The van der Waals surface area contributed by atoms with Crippen molar-refractivity contribution in [2.45, 2.75) is 25.9 Å². The molecule has 114 valence electrons. The number of aromatic amines is 1. The van der Waals surface area contributed by atoms with Gasteiger partial charge in [-0.25, -0.2) is 0 Å². The lowest BCUT2D eigenvalue weighted by Crippen LogP contribution is -2.33. The van der Waals surface area contributed by atoms with Crippen LogP contribution >= 0.6 is 0 Å². The van der Waals surface area contributed by atoms with Gasteiger partial charge in [-0.2, -0.15) is 5.10 Å². The molecule has 5 heteroatoms. The Morgan fingerprint density at radius 3 is 3.14 bits per heavy atom. The van der Waals surface area contributed by atoms with Gasteiger partial charge in [-0.05, 0) is 31.9 Å². The first-order valence-corrected chi connectivity index (χ1v) is 7.67. The summed E-state index contributed by atoms with van der Waals surface area (Å²) in [6.45, 7) is 3.46. The highest BCUT2D eigenvalue weighted by Crippen LogP contribution is 2.30. The van der Waals surface area contributed by atoms with Crippen molar-refractivity contribution in [1.29, 1.82) is 0 Å². The highest BCUT2D eigenvalue weighted by molar-refractivity contribution is 5.77. The number of nitrogens with one attached hydrogen (secondary N) is 1. The Balaban J connectivity index is 1.58. The van der Waals surface area contributed by atoms with Crippen molar-refractivity contribution in [1.82, 2.24) is 10.2 Å². The van der Waals surface area contributed by atoms with Crippen LogP contribution in [0.3, 0.4) is 0 Å². The zero-order valence-electron chi connectivity index (χ0n) is 12.5. The molecule has 0 bridgehead atoms. The Labute approximate surface area is 128 Å². The van der Waals surface area contributed by atoms with Crippen molar-refractivity contribution >= 4 is 16.8 Å². The number of aliphatic hydroxyl groups excluding tert-OH is 1. The number of furan rings is 1. The third-order valence-corrected chi connectivity index (χ3v) is 4.37. The SMILES string of the molecule is Cc1[nH]nc2c1CCCN2C[C@@H](O)c1cc2ccccc2o1. The van der Waals surface area contributed by atoms with Gasteiger partial charge in [0.15, 0.2) is 5.82 Å². The minimum atomic E-state index is -0.657. The van der Waals surface area contributed by atoms with E-state index in [2.05, 4.69) is 15.1 Å². The number of aromatic nitrogens is 2. The van der Waals surface area contributed by atoms with Gasteiger partial charge in [0, 0.05) is 23.2 Å². The number of hydrogen-bond donors (Lipinski definition) is 2. The summed E-state index contributed by atoms with van der Waals surface area (Å²) in [4.78, 5) is 2.14. The number of nitrogens with zero attached hydrogens (tertiary/aromatic N) is 2. The maximum atomic E-state index is 10.5. The summed E-state index contributed by atoms with van der Waals surface area (Å²) in [5.41, 5.74) is 3.20. The number of para-hydroxylation sites is 1. The highest BCUT2D eigenvalue weighted by Gasteiger charge is 2.25. The molecule has 0 fully saturated rings. The Bertz CT molecular complexity index is 772. The van der Waals surface area contributed by atoms with Crippen LogP contribution in [0, 0.1) is 6.92 Å². The summed E-state index contributed by atoms with van der Waals surface area (Å²) in [5, 5.41) is 19.0. The van der Waals surface area contributed by atoms with Crippen molar-refractivity contribution in [2.75, 3.05) is 18.0 Å². The van der Waals surface area contributed by atoms with Crippen LogP contribution < -0.4 is 4.90 Å². The van der Waals surface area contributed by atoms with Crippen molar-refractivity contribution in [3.8, 4) is 0 Å². The molecule has 2 aromatic heterocycles. The number of hydrogen-bond acceptors (Lipinski definition) is 4. The average molecular weight is 297 g/mol. The average Bonchev–Trinajstić information content (AvgIpc) is 3.12. The van der Waals surface area contributed by atoms with Gasteiger partial charge in [0.1, 0.15) is 17.4 Å². The maximum absolute atomic E-state index is 10.5. The molecule has 2 N–H and O–H groups in total. The number of fused-ring (bicyclic) bond motifs is 2. The highest BCUT2D eigenvalue weighted by atomic mass is 16.4. The van der Waals surface area contributed by atoms with Crippen molar-refractivity contribution < 1.29 is 9.52 Å². The second-order valence-electron chi connectivity index (χ2n) is 5.90. The fourth-order valence-electron chi connectivity index (χ4n) is 3.20. The molecule has 5 nitrogen and oxygen atoms in total. The standard InChI is InChI=1S/C17H19N3O2/c1-11-13-6-4-8-20(17(13)19-18-11)10-14(21)16-9-12-5-2-3-7-15(12)22-16/h2-3,5,7,9,14,21H,4,6,8,10H2,1H3,(H,18,19)/t14-/m1/s1. The van der Waals surface area contributed by atoms with Crippen LogP contribution in [-0.4, -0.2) is 28.4 Å². The van der Waals surface area contributed by atoms with E-state index in [0.717, 1.165) is 41.9 Å². The number of anilines is 1. The molecule has 0 aliphatic carbocycles. The van der Waals surface area contributed by atoms with E-state index in [9.17, 15) is 5.11 Å². The van der Waals surface area contributed by atoms with Gasteiger partial charge in [0.05, 0.1) is 6.54 Å². The Kier molecular flexibility index (Phi) is 3.15. The summed E-state index contributed by atoms with van der Waals surface area (Å²) >= 11 is 0. The number of H-pyrrole nitrogens is 1. The second kappa shape index (κ2) is 5.18. The van der Waals surface area contributed by atoms with E-state index in [1.54, 1.807) is 0 Å². The number of aliphatic hydroxyl groups is 1. The van der Waals surface area contributed by atoms with Gasteiger partial charge in [0.2, 0.25) is 0 Å². The zero-order chi connectivity index (χ0) is 15.1. The predicted molar refractivity (Wildman–Crippen MR) is 85.0 cm³/mol. The summed E-state index contributed by atoms with van der Waals surface area (Å²) in [6.07, 6.45) is 1.48. The Morgan fingerprint density at radius 1 is 1.41 bits per heavy atom. The molecule has 3 aromatic rings. The first kappa shape index (κ1) is 13.4. The molecule has 0 amide bonds. The largest absolute Gasteiger partial charge is 0.458 e. The molecule has 1 aromatic carbocycles. The fourth-order valence-corrected chi connectivity index (χ4v) is 3.20. The molecule has 0 radical (unpaired) electrons. The Morgan fingerprint density at radius 2 is 2.27 bits per heavy atom. The normalized spacial score (nSPS) is 16.0. The second-order valence-corrected chi connectivity index (χ2v) is 5.90. The lowest BCUT2D eigenvalue weighted by molar-refractivity contribution is 0.157. The predicted octanol–water partition coefficient (Wildman–Crippen LogP) is 2.95. The van der Waals surface area contributed by atoms with Crippen molar-refractivity contribution in [2.24, 2.45) is 0 Å². The van der Waals surface area contributed by atoms with Gasteiger partial charge in [-0.15, -0.1) is 0 Å². The molecule has 22 heavy (non-hydrogen) atoms. The van der Waals surface area contributed by atoms with Gasteiger partial charge in [-0.3, -0.25) is 5.10 Å². The summed E-state index contributed by atoms with van der Waals surface area (Å²) in [7, 11) is 0. The van der Waals surface area contributed by atoms with Gasteiger partial charge in [-0.1, -0.05) is 18.2 Å². The third kappa shape index (κ3) is 2.18. The van der Waals surface area contributed by atoms with E-state index in [1.807, 2.05) is 37.3 Å². The van der Waals surface area contributed by atoms with Crippen LogP contribution in [0.15, 0.2) is 34.7 Å². The topological polar surface area (TPSA) is 65.3 Å². The minimum absolute atomic E-state index is 0.497. The van der Waals surface area contributed by atoms with Crippen molar-refractivity contribution in [3.05, 3.63) is 47.3 Å². The van der Waals surface area contributed by atoms with E-state index in [-0.39, 0.29) is 0 Å².